The molecule has 0 amide bonds. The van der Waals surface area contributed by atoms with Crippen LogP contribution in [0.15, 0.2) is 48.5 Å². The van der Waals surface area contributed by atoms with Crippen LogP contribution in [-0.4, -0.2) is 108 Å². The summed E-state index contributed by atoms with van der Waals surface area (Å²) in [6, 6.07) is 13.3. The molecule has 2 aliphatic carbocycles. The van der Waals surface area contributed by atoms with E-state index in [1.807, 2.05) is 19.1 Å². The van der Waals surface area contributed by atoms with Gasteiger partial charge >= 0.3 is 0 Å². The van der Waals surface area contributed by atoms with Gasteiger partial charge in [0.1, 0.15) is 53.9 Å². The van der Waals surface area contributed by atoms with Gasteiger partial charge in [0.25, 0.3) is 0 Å². The molecule has 4 rings (SSSR count). The Balaban J connectivity index is 0.000000267. The molecular formula is C28H42O11. The second-order valence-corrected chi connectivity index (χ2v) is 9.92. The van der Waals surface area contributed by atoms with Crippen LogP contribution >= 0.6 is 0 Å². The first-order valence-electron chi connectivity index (χ1n) is 12.5. The van der Waals surface area contributed by atoms with Crippen LogP contribution in [0.4, 0.5) is 0 Å². The number of aliphatic hydroxyl groups is 8. The zero-order valence-corrected chi connectivity index (χ0v) is 21.1. The second kappa shape index (κ2) is 14.8. The van der Waals surface area contributed by atoms with Crippen LogP contribution in [-0.2, 0) is 0 Å². The molecule has 220 valence electrons. The van der Waals surface area contributed by atoms with E-state index in [1.54, 1.807) is 12.1 Å². The van der Waals surface area contributed by atoms with E-state index >= 15 is 0 Å². The first kappa shape index (κ1) is 32.7. The van der Waals surface area contributed by atoms with E-state index < -0.39 is 60.7 Å². The minimum atomic E-state index is -1.35. The number of aryl methyl sites for hydroxylation is 1. The molecule has 11 heteroatoms. The minimum absolute atomic E-state index is 0. The van der Waals surface area contributed by atoms with E-state index in [1.165, 1.54) is 24.3 Å². The zero-order chi connectivity index (χ0) is 28.0. The zero-order valence-electron chi connectivity index (χ0n) is 21.1. The molecule has 0 spiro atoms. The van der Waals surface area contributed by atoms with Crippen molar-refractivity contribution in [1.82, 2.24) is 0 Å². The summed E-state index contributed by atoms with van der Waals surface area (Å²) < 4.78 is 11.2. The summed E-state index contributed by atoms with van der Waals surface area (Å²) in [4.78, 5) is 0. The molecule has 2 aromatic rings. The van der Waals surface area contributed by atoms with Crippen molar-refractivity contribution in [1.29, 1.82) is 0 Å². The molecule has 2 saturated carbocycles. The second-order valence-electron chi connectivity index (χ2n) is 9.92. The Morgan fingerprint density at radius 3 is 1.31 bits per heavy atom. The summed E-state index contributed by atoms with van der Waals surface area (Å²) in [6.45, 7) is 1.42. The van der Waals surface area contributed by atoms with Crippen molar-refractivity contribution >= 4 is 0 Å². The number of phenols is 1. The number of hydrogen-bond acceptors (Lipinski definition) is 11. The Morgan fingerprint density at radius 1 is 0.590 bits per heavy atom. The number of ether oxygens (including phenoxy) is 2. The normalized spacial score (nSPS) is 34.2. The Bertz CT molecular complexity index is 887. The van der Waals surface area contributed by atoms with Gasteiger partial charge in [-0.3, -0.25) is 0 Å². The molecule has 0 aromatic heterocycles. The molecule has 10 atom stereocenters. The van der Waals surface area contributed by atoms with Crippen molar-refractivity contribution in [3.63, 3.8) is 0 Å². The van der Waals surface area contributed by atoms with Crippen LogP contribution in [0.2, 0.25) is 0 Å². The highest BCUT2D eigenvalue weighted by Gasteiger charge is 2.44. The van der Waals surface area contributed by atoms with Gasteiger partial charge in [0, 0.05) is 25.0 Å². The van der Waals surface area contributed by atoms with Crippen LogP contribution in [0.1, 0.15) is 25.8 Å². The molecular weight excluding hydrogens is 512 g/mol. The fourth-order valence-corrected chi connectivity index (χ4v) is 4.65. The molecule has 0 bridgehead atoms. The smallest absolute Gasteiger partial charge is 0.128 e. The SMILES string of the molecule is C.Cc1ccc(OC2CC(CO)C(O)C(O)C2O)cc1.OCC1CC(Oc2ccc(O)cc2)C(O)C(O)C1O. The summed E-state index contributed by atoms with van der Waals surface area (Å²) in [7, 11) is 0. The molecule has 0 heterocycles. The van der Waals surface area contributed by atoms with Crippen LogP contribution in [0.3, 0.4) is 0 Å². The third kappa shape index (κ3) is 8.26. The van der Waals surface area contributed by atoms with Gasteiger partial charge in [0.05, 0.1) is 12.2 Å². The molecule has 0 aliphatic heterocycles. The fourth-order valence-electron chi connectivity index (χ4n) is 4.65. The summed E-state index contributed by atoms with van der Waals surface area (Å²) in [6.07, 6.45) is -8.18. The quantitative estimate of drug-likeness (QED) is 0.227. The number of rotatable bonds is 6. The maximum absolute atomic E-state index is 9.92. The first-order valence-corrected chi connectivity index (χ1v) is 12.5. The largest absolute Gasteiger partial charge is 0.508 e. The van der Waals surface area contributed by atoms with Crippen LogP contribution in [0, 0.1) is 18.8 Å². The van der Waals surface area contributed by atoms with Crippen molar-refractivity contribution in [2.24, 2.45) is 11.8 Å². The van der Waals surface area contributed by atoms with Crippen molar-refractivity contribution in [2.75, 3.05) is 13.2 Å². The Labute approximate surface area is 228 Å². The summed E-state index contributed by atoms with van der Waals surface area (Å²) in [5, 5.41) is 86.1. The van der Waals surface area contributed by atoms with E-state index in [9.17, 15) is 35.7 Å². The van der Waals surface area contributed by atoms with Gasteiger partial charge in [0.2, 0.25) is 0 Å². The lowest BCUT2D eigenvalue weighted by molar-refractivity contribution is -0.156. The van der Waals surface area contributed by atoms with Gasteiger partial charge in [-0.25, -0.2) is 0 Å². The van der Waals surface area contributed by atoms with E-state index in [4.69, 9.17) is 19.7 Å². The Hall–Kier alpha value is -2.48. The highest BCUT2D eigenvalue weighted by Crippen LogP contribution is 2.30. The van der Waals surface area contributed by atoms with Gasteiger partial charge in [0.15, 0.2) is 0 Å². The number of aliphatic hydroxyl groups excluding tert-OH is 8. The van der Waals surface area contributed by atoms with Gasteiger partial charge in [-0.15, -0.1) is 0 Å². The molecule has 2 aromatic carbocycles. The third-order valence-electron chi connectivity index (χ3n) is 7.10. The lowest BCUT2D eigenvalue weighted by Gasteiger charge is -2.39. The molecule has 39 heavy (non-hydrogen) atoms. The molecule has 0 radical (unpaired) electrons. The molecule has 11 nitrogen and oxygen atoms in total. The van der Waals surface area contributed by atoms with Crippen molar-refractivity contribution in [3.8, 4) is 17.2 Å². The highest BCUT2D eigenvalue weighted by molar-refractivity contribution is 5.30. The maximum atomic E-state index is 9.92. The van der Waals surface area contributed by atoms with Gasteiger partial charge in [-0.1, -0.05) is 25.1 Å². The average molecular weight is 555 g/mol. The van der Waals surface area contributed by atoms with Crippen LogP contribution in [0.5, 0.6) is 17.2 Å². The van der Waals surface area contributed by atoms with Crippen LogP contribution < -0.4 is 9.47 Å². The van der Waals surface area contributed by atoms with Crippen molar-refractivity contribution in [2.45, 2.75) is 76.0 Å². The number of hydrogen-bond donors (Lipinski definition) is 9. The Kier molecular flexibility index (Phi) is 12.4. The summed E-state index contributed by atoms with van der Waals surface area (Å²) in [5.74, 6) is 0.0895. The van der Waals surface area contributed by atoms with E-state index in [-0.39, 0.29) is 32.8 Å². The highest BCUT2D eigenvalue weighted by atomic mass is 16.5. The van der Waals surface area contributed by atoms with Crippen molar-refractivity contribution < 1.29 is 55.4 Å². The monoisotopic (exact) mass is 554 g/mol. The van der Waals surface area contributed by atoms with Gasteiger partial charge in [-0.2, -0.15) is 0 Å². The molecule has 2 fully saturated rings. The number of aromatic hydroxyl groups is 1. The fraction of sp³-hybridized carbons (Fsp3) is 0.571. The van der Waals surface area contributed by atoms with E-state index in [0.717, 1.165) is 5.56 Å². The summed E-state index contributed by atoms with van der Waals surface area (Å²) >= 11 is 0. The topological polar surface area (TPSA) is 201 Å². The lowest BCUT2D eigenvalue weighted by atomic mass is 9.81. The van der Waals surface area contributed by atoms with Gasteiger partial charge in [-0.05, 0) is 56.2 Å². The average Bonchev–Trinajstić information content (AvgIpc) is 2.92. The molecule has 2 aliphatic rings. The third-order valence-corrected chi connectivity index (χ3v) is 7.10. The molecule has 10 unspecified atom stereocenters. The minimum Gasteiger partial charge on any atom is -0.508 e. The van der Waals surface area contributed by atoms with E-state index in [2.05, 4.69) is 0 Å². The summed E-state index contributed by atoms with van der Waals surface area (Å²) in [5.41, 5.74) is 1.10. The predicted molar refractivity (Wildman–Crippen MR) is 141 cm³/mol. The predicted octanol–water partition coefficient (Wildman–Crippen LogP) is -0.292. The first-order chi connectivity index (χ1) is 18.0. The van der Waals surface area contributed by atoms with Gasteiger partial charge < -0.3 is 55.4 Å². The van der Waals surface area contributed by atoms with Crippen LogP contribution in [0.25, 0.3) is 0 Å². The van der Waals surface area contributed by atoms with Crippen molar-refractivity contribution in [3.05, 3.63) is 54.1 Å². The molecule has 0 saturated heterocycles. The maximum Gasteiger partial charge on any atom is 0.128 e. The standard InChI is InChI=1S/C14H20O5.C13H18O6.CH4/c1-8-2-4-10(5-3-8)19-11-6-9(7-15)12(16)14(18)13(11)17;14-6-7-5-10(12(17)13(18)11(7)16)19-9-3-1-8(15)2-4-9;/h2-5,9,11-18H,6-7H2,1H3;1-4,7,10-18H,5-6H2;1H4. The molecule has 9 N–H and O–H groups in total. The Morgan fingerprint density at radius 2 is 0.949 bits per heavy atom. The number of benzene rings is 2. The lowest BCUT2D eigenvalue weighted by Crippen LogP contribution is -2.56. The van der Waals surface area contributed by atoms with E-state index in [0.29, 0.717) is 17.9 Å². The number of phenolic OH excluding ortho intramolecular Hbond substituents is 1.